The van der Waals surface area contributed by atoms with Gasteiger partial charge >= 0.3 is 6.41 Å². The van der Waals surface area contributed by atoms with E-state index in [2.05, 4.69) is 20.8 Å². The predicted octanol–water partition coefficient (Wildman–Crippen LogP) is 2.44. The molecule has 10 nitrogen and oxygen atoms in total. The third kappa shape index (κ3) is 6.74. The minimum Gasteiger partial charge on any atom is -0.349 e. The highest BCUT2D eigenvalue weighted by Gasteiger charge is 2.37. The zero-order chi connectivity index (χ0) is 27.1. The number of hydrogen-bond donors (Lipinski definition) is 3. The Balaban J connectivity index is 1.44. The maximum atomic E-state index is 13.5. The van der Waals surface area contributed by atoms with Gasteiger partial charge in [-0.2, -0.15) is 0 Å². The molecular formula is C28H35N5O5. The summed E-state index contributed by atoms with van der Waals surface area (Å²) in [6.45, 7) is 3.74. The van der Waals surface area contributed by atoms with Crippen LogP contribution in [-0.2, 0) is 14.4 Å². The smallest absolute Gasteiger partial charge is 0.307 e. The fourth-order valence-corrected chi connectivity index (χ4v) is 4.91. The van der Waals surface area contributed by atoms with E-state index in [0.717, 1.165) is 12.8 Å². The first-order valence-electron chi connectivity index (χ1n) is 13.1. The third-order valence-electron chi connectivity index (χ3n) is 6.86. The Bertz CT molecular complexity index is 1140. The molecule has 1 unspecified atom stereocenters. The Hall–Kier alpha value is -3.79. The molecule has 0 saturated heterocycles. The number of amides is 2. The maximum absolute atomic E-state index is 13.5. The predicted molar refractivity (Wildman–Crippen MR) is 141 cm³/mol. The van der Waals surface area contributed by atoms with Crippen LogP contribution in [0.15, 0.2) is 59.9 Å². The van der Waals surface area contributed by atoms with Crippen LogP contribution in [0.3, 0.4) is 0 Å². The summed E-state index contributed by atoms with van der Waals surface area (Å²) in [5.41, 5.74) is 1.00. The van der Waals surface area contributed by atoms with Crippen molar-refractivity contribution in [1.29, 1.82) is 0 Å². The van der Waals surface area contributed by atoms with Crippen LogP contribution in [0.5, 0.6) is 0 Å². The SMILES string of the molecule is CC(C)C[C@H](NC(=O)[C@H]1CCCC[C@H]1NC(=O)c1ccccc1)C(=O)CN1C(c2ccccn2)=NOC1O. The molecule has 0 spiro atoms. The zero-order valence-corrected chi connectivity index (χ0v) is 21.7. The Labute approximate surface area is 222 Å². The number of rotatable bonds is 10. The summed E-state index contributed by atoms with van der Waals surface area (Å²) < 4.78 is 0. The summed E-state index contributed by atoms with van der Waals surface area (Å²) in [7, 11) is 0. The van der Waals surface area contributed by atoms with Gasteiger partial charge in [0.05, 0.1) is 18.5 Å². The van der Waals surface area contributed by atoms with E-state index < -0.39 is 18.4 Å². The van der Waals surface area contributed by atoms with E-state index in [1.807, 2.05) is 19.9 Å². The molecule has 1 saturated carbocycles. The van der Waals surface area contributed by atoms with E-state index in [1.54, 1.807) is 48.7 Å². The summed E-state index contributed by atoms with van der Waals surface area (Å²) >= 11 is 0. The van der Waals surface area contributed by atoms with E-state index in [-0.39, 0.29) is 41.9 Å². The number of aliphatic hydroxyl groups is 1. The number of hydrogen-bond acceptors (Lipinski definition) is 8. The molecule has 0 radical (unpaired) electrons. The first kappa shape index (κ1) is 27.3. The van der Waals surface area contributed by atoms with Crippen molar-refractivity contribution in [3.63, 3.8) is 0 Å². The maximum Gasteiger partial charge on any atom is 0.307 e. The number of benzene rings is 1. The second-order valence-electron chi connectivity index (χ2n) is 10.2. The lowest BCUT2D eigenvalue weighted by Crippen LogP contribution is -2.53. The van der Waals surface area contributed by atoms with Crippen molar-refractivity contribution >= 4 is 23.4 Å². The molecule has 3 N–H and O–H groups in total. The molecule has 4 rings (SSSR count). The number of aliphatic hydroxyl groups excluding tert-OH is 1. The van der Waals surface area contributed by atoms with Gasteiger partial charge in [0.2, 0.25) is 5.91 Å². The van der Waals surface area contributed by atoms with Crippen molar-refractivity contribution < 1.29 is 24.3 Å². The van der Waals surface area contributed by atoms with Crippen LogP contribution in [0.2, 0.25) is 0 Å². The summed E-state index contributed by atoms with van der Waals surface area (Å²) in [4.78, 5) is 50.3. The quantitative estimate of drug-likeness (QED) is 0.437. The summed E-state index contributed by atoms with van der Waals surface area (Å²) in [6, 6.07) is 13.1. The molecule has 1 fully saturated rings. The molecule has 2 aromatic rings. The first-order valence-corrected chi connectivity index (χ1v) is 13.1. The van der Waals surface area contributed by atoms with Crippen LogP contribution < -0.4 is 10.6 Å². The van der Waals surface area contributed by atoms with Crippen molar-refractivity contribution in [2.45, 2.75) is 64.4 Å². The lowest BCUT2D eigenvalue weighted by Gasteiger charge is -2.33. The standard InChI is InChI=1S/C28H35N5O5/c1-18(2)16-23(24(34)17-33-25(32-38-28(33)37)22-14-8-9-15-29-22)31-27(36)20-12-6-7-13-21(20)30-26(35)19-10-4-3-5-11-19/h3-5,8-11,14-15,18,20-21,23,28,37H,6-7,12-13,16-17H2,1-2H3,(H,30,35)(H,31,36)/t20-,21+,23-,28?/m0/s1. The van der Waals surface area contributed by atoms with Gasteiger partial charge < -0.3 is 20.6 Å². The minimum atomic E-state index is -1.43. The van der Waals surface area contributed by atoms with Crippen LogP contribution >= 0.6 is 0 Å². The van der Waals surface area contributed by atoms with Gasteiger partial charge in [-0.15, -0.1) is 0 Å². The Kier molecular flexibility index (Phi) is 9.06. The van der Waals surface area contributed by atoms with E-state index in [4.69, 9.17) is 4.84 Å². The molecule has 0 bridgehead atoms. The third-order valence-corrected chi connectivity index (χ3v) is 6.86. The molecule has 1 aliphatic heterocycles. The summed E-state index contributed by atoms with van der Waals surface area (Å²) in [5.74, 6) is -0.801. The fraction of sp³-hybridized carbons (Fsp3) is 0.464. The molecule has 1 aromatic carbocycles. The highest BCUT2D eigenvalue weighted by molar-refractivity contribution is 6.01. The van der Waals surface area contributed by atoms with Gasteiger partial charge in [-0.25, -0.2) is 0 Å². The van der Waals surface area contributed by atoms with Crippen LogP contribution in [-0.4, -0.2) is 63.5 Å². The first-order chi connectivity index (χ1) is 18.3. The second-order valence-corrected chi connectivity index (χ2v) is 10.2. The van der Waals surface area contributed by atoms with E-state index in [0.29, 0.717) is 30.5 Å². The van der Waals surface area contributed by atoms with Gasteiger partial charge in [-0.3, -0.25) is 24.3 Å². The lowest BCUT2D eigenvalue weighted by molar-refractivity contribution is -0.152. The van der Waals surface area contributed by atoms with Gasteiger partial charge in [0.1, 0.15) is 5.69 Å². The Morgan fingerprint density at radius 2 is 1.82 bits per heavy atom. The summed E-state index contributed by atoms with van der Waals surface area (Å²) in [5, 5.41) is 20.2. The van der Waals surface area contributed by atoms with Crippen molar-refractivity contribution in [1.82, 2.24) is 20.5 Å². The van der Waals surface area contributed by atoms with Gasteiger partial charge in [-0.05, 0) is 49.4 Å². The molecule has 1 aromatic heterocycles. The lowest BCUT2D eigenvalue weighted by atomic mass is 9.83. The van der Waals surface area contributed by atoms with E-state index >= 15 is 0 Å². The molecule has 2 amide bonds. The Morgan fingerprint density at radius 3 is 2.53 bits per heavy atom. The number of carbonyl (C=O) groups excluding carboxylic acids is 3. The highest BCUT2D eigenvalue weighted by Crippen LogP contribution is 2.26. The van der Waals surface area contributed by atoms with Crippen LogP contribution in [0, 0.1) is 11.8 Å². The van der Waals surface area contributed by atoms with Crippen molar-refractivity contribution in [3.8, 4) is 0 Å². The number of Topliss-reactive ketones (excluding diaryl/α,β-unsaturated/α-hetero) is 1. The van der Waals surface area contributed by atoms with Crippen molar-refractivity contribution in [2.24, 2.45) is 17.0 Å². The van der Waals surface area contributed by atoms with Crippen LogP contribution in [0.4, 0.5) is 0 Å². The zero-order valence-electron chi connectivity index (χ0n) is 21.7. The number of carbonyl (C=O) groups is 3. The number of aromatic nitrogens is 1. The van der Waals surface area contributed by atoms with Gasteiger partial charge in [0.25, 0.3) is 5.91 Å². The normalized spacial score (nSPS) is 21.8. The number of ketones is 1. The van der Waals surface area contributed by atoms with Crippen molar-refractivity contribution in [3.05, 3.63) is 66.0 Å². The molecule has 2 aliphatic rings. The summed E-state index contributed by atoms with van der Waals surface area (Å²) in [6.07, 6.45) is 3.70. The average Bonchev–Trinajstić information content (AvgIpc) is 3.28. The average molecular weight is 522 g/mol. The molecule has 202 valence electrons. The molecule has 1 aliphatic carbocycles. The molecule has 2 heterocycles. The fourth-order valence-electron chi connectivity index (χ4n) is 4.91. The topological polar surface area (TPSA) is 133 Å². The second kappa shape index (κ2) is 12.6. The molecule has 38 heavy (non-hydrogen) atoms. The van der Waals surface area contributed by atoms with Gasteiger partial charge in [0, 0.05) is 17.8 Å². The number of pyridine rings is 1. The highest BCUT2D eigenvalue weighted by atomic mass is 16.7. The number of nitrogens with zero attached hydrogens (tertiary/aromatic N) is 3. The number of amidine groups is 1. The molecule has 4 atom stereocenters. The van der Waals surface area contributed by atoms with Crippen molar-refractivity contribution in [2.75, 3.05) is 6.54 Å². The van der Waals surface area contributed by atoms with E-state index in [9.17, 15) is 19.5 Å². The minimum absolute atomic E-state index is 0.132. The molecular weight excluding hydrogens is 486 g/mol. The molecule has 10 heteroatoms. The number of nitrogens with one attached hydrogen (secondary N) is 2. The van der Waals surface area contributed by atoms with Crippen LogP contribution in [0.25, 0.3) is 0 Å². The number of oxime groups is 1. The van der Waals surface area contributed by atoms with Crippen LogP contribution in [0.1, 0.15) is 62.0 Å². The monoisotopic (exact) mass is 521 g/mol. The van der Waals surface area contributed by atoms with Gasteiger partial charge in [0.15, 0.2) is 11.6 Å². The van der Waals surface area contributed by atoms with E-state index in [1.165, 1.54) is 4.90 Å². The Morgan fingerprint density at radius 1 is 1.08 bits per heavy atom. The van der Waals surface area contributed by atoms with Gasteiger partial charge in [-0.1, -0.05) is 56.1 Å². The largest absolute Gasteiger partial charge is 0.349 e.